The largest absolute Gasteiger partial charge is 0.472 e. The molecule has 0 spiro atoms. The van der Waals surface area contributed by atoms with E-state index in [9.17, 15) is 0 Å². The van der Waals surface area contributed by atoms with Crippen molar-refractivity contribution in [1.29, 1.82) is 0 Å². The summed E-state index contributed by atoms with van der Waals surface area (Å²) in [4.78, 5) is 11.7. The number of imidazole rings is 1. The number of likely N-dealkylation sites (tertiary alicyclic amines) is 1. The van der Waals surface area contributed by atoms with E-state index in [1.165, 1.54) is 58.2 Å². The molecule has 5 rings (SSSR count). The van der Waals surface area contributed by atoms with Crippen molar-refractivity contribution < 1.29 is 4.74 Å². The topological polar surface area (TPSA) is 43.2 Å². The maximum Gasteiger partial charge on any atom is 0.213 e. The van der Waals surface area contributed by atoms with Crippen molar-refractivity contribution in [3.63, 3.8) is 0 Å². The quantitative estimate of drug-likeness (QED) is 0.749. The maximum atomic E-state index is 6.46. The molecule has 1 aliphatic heterocycles. The van der Waals surface area contributed by atoms with Crippen molar-refractivity contribution in [2.45, 2.75) is 64.0 Å². The Labute approximate surface area is 174 Å². The summed E-state index contributed by atoms with van der Waals surface area (Å²) in [5.74, 6) is 4.27. The molecule has 2 saturated carbocycles. The van der Waals surface area contributed by atoms with Crippen LogP contribution in [0.5, 0.6) is 5.88 Å². The van der Waals surface area contributed by atoms with Gasteiger partial charge in [0.25, 0.3) is 0 Å². The Morgan fingerprint density at radius 1 is 1.00 bits per heavy atom. The Bertz CT molecular complexity index is 785. The third-order valence-corrected chi connectivity index (χ3v) is 7.53. The molecule has 0 bridgehead atoms. The number of hydrogen-bond donors (Lipinski definition) is 0. The minimum Gasteiger partial charge on any atom is -0.472 e. The van der Waals surface area contributed by atoms with Gasteiger partial charge in [-0.15, -0.1) is 0 Å². The zero-order chi connectivity index (χ0) is 19.6. The van der Waals surface area contributed by atoms with Crippen molar-refractivity contribution in [3.8, 4) is 5.88 Å². The lowest BCUT2D eigenvalue weighted by atomic mass is 9.77. The van der Waals surface area contributed by atoms with Gasteiger partial charge in [-0.05, 0) is 56.4 Å². The average molecular weight is 395 g/mol. The molecule has 3 heterocycles. The van der Waals surface area contributed by atoms with Crippen LogP contribution in [0.1, 0.15) is 56.8 Å². The fraction of sp³-hybridized carbons (Fsp3) is 0.667. The van der Waals surface area contributed by atoms with E-state index in [-0.39, 0.29) is 6.10 Å². The Morgan fingerprint density at radius 2 is 1.83 bits per heavy atom. The number of aromatic nitrogens is 3. The smallest absolute Gasteiger partial charge is 0.213 e. The molecule has 29 heavy (non-hydrogen) atoms. The van der Waals surface area contributed by atoms with Gasteiger partial charge in [0.05, 0.1) is 6.04 Å². The van der Waals surface area contributed by atoms with Gasteiger partial charge in [0, 0.05) is 44.3 Å². The molecular formula is C24H34N4O. The molecule has 0 unspecified atom stereocenters. The minimum atomic E-state index is 0.161. The van der Waals surface area contributed by atoms with Gasteiger partial charge < -0.3 is 14.2 Å². The number of pyridine rings is 1. The second kappa shape index (κ2) is 8.47. The Hall–Kier alpha value is -1.88. The Balaban J connectivity index is 1.31. The Morgan fingerprint density at radius 3 is 2.55 bits per heavy atom. The second-order valence-electron chi connectivity index (χ2n) is 9.49. The van der Waals surface area contributed by atoms with Gasteiger partial charge in [0.2, 0.25) is 5.88 Å². The van der Waals surface area contributed by atoms with Crippen LogP contribution in [0.4, 0.5) is 0 Å². The maximum absolute atomic E-state index is 6.46. The monoisotopic (exact) mass is 394 g/mol. The molecule has 0 aromatic carbocycles. The third-order valence-electron chi connectivity index (χ3n) is 7.53. The van der Waals surface area contributed by atoms with Crippen LogP contribution in [-0.4, -0.2) is 45.2 Å². The molecule has 5 heteroatoms. The molecule has 2 aromatic heterocycles. The van der Waals surface area contributed by atoms with Crippen molar-refractivity contribution in [1.82, 2.24) is 19.4 Å². The standard InChI is InChI=1S/C24H34N4O/c1-18-25-11-12-28(18)22-13-20-16-27(15-19-7-3-2-4-8-19)17-21(20)14-23(22)29-24-9-5-6-10-26-24/h5-6,9-12,19-23H,2-4,7-8,13-17H2,1H3/t20-,21+,22-,23-/m0/s1. The summed E-state index contributed by atoms with van der Waals surface area (Å²) in [5.41, 5.74) is 0. The fourth-order valence-corrected chi connectivity index (χ4v) is 6.10. The van der Waals surface area contributed by atoms with Crippen LogP contribution < -0.4 is 4.74 Å². The van der Waals surface area contributed by atoms with Gasteiger partial charge in [-0.2, -0.15) is 0 Å². The van der Waals surface area contributed by atoms with Crippen LogP contribution in [0.3, 0.4) is 0 Å². The molecule has 3 fully saturated rings. The third kappa shape index (κ3) is 4.20. The Kier molecular flexibility index (Phi) is 5.58. The summed E-state index contributed by atoms with van der Waals surface area (Å²) >= 11 is 0. The summed E-state index contributed by atoms with van der Waals surface area (Å²) < 4.78 is 8.80. The van der Waals surface area contributed by atoms with E-state index in [1.807, 2.05) is 30.6 Å². The minimum absolute atomic E-state index is 0.161. The fourth-order valence-electron chi connectivity index (χ4n) is 6.10. The van der Waals surface area contributed by atoms with Crippen LogP contribution in [0, 0.1) is 24.7 Å². The van der Waals surface area contributed by atoms with Crippen LogP contribution in [0.15, 0.2) is 36.8 Å². The molecule has 5 nitrogen and oxygen atoms in total. The first-order valence-electron chi connectivity index (χ1n) is 11.6. The number of ether oxygens (including phenoxy) is 1. The molecule has 2 aromatic rings. The van der Waals surface area contributed by atoms with Crippen molar-refractivity contribution >= 4 is 0 Å². The second-order valence-corrected chi connectivity index (χ2v) is 9.49. The molecule has 2 aliphatic carbocycles. The van der Waals surface area contributed by atoms with Gasteiger partial charge in [-0.3, -0.25) is 0 Å². The number of nitrogens with zero attached hydrogens (tertiary/aromatic N) is 4. The zero-order valence-electron chi connectivity index (χ0n) is 17.6. The molecule has 1 saturated heterocycles. The summed E-state index contributed by atoms with van der Waals surface area (Å²) in [6.45, 7) is 5.93. The lowest BCUT2D eigenvalue weighted by Gasteiger charge is -2.38. The van der Waals surface area contributed by atoms with Gasteiger partial charge in [0.1, 0.15) is 11.9 Å². The van der Waals surface area contributed by atoms with Gasteiger partial charge in [-0.25, -0.2) is 9.97 Å². The highest BCUT2D eigenvalue weighted by Crippen LogP contribution is 2.43. The normalized spacial score (nSPS) is 30.9. The highest BCUT2D eigenvalue weighted by atomic mass is 16.5. The SMILES string of the molecule is Cc1nccn1[C@H]1C[C@H]2CN(CC3CCCCC3)C[C@H]2C[C@@H]1Oc1ccccn1. The van der Waals surface area contributed by atoms with Crippen LogP contribution in [0.25, 0.3) is 0 Å². The van der Waals surface area contributed by atoms with E-state index < -0.39 is 0 Å². The first-order chi connectivity index (χ1) is 14.3. The molecule has 4 atom stereocenters. The van der Waals surface area contributed by atoms with Gasteiger partial charge >= 0.3 is 0 Å². The molecule has 3 aliphatic rings. The van der Waals surface area contributed by atoms with E-state index in [4.69, 9.17) is 4.74 Å². The summed E-state index contributed by atoms with van der Waals surface area (Å²) in [5, 5.41) is 0. The van der Waals surface area contributed by atoms with Gasteiger partial charge in [0.15, 0.2) is 0 Å². The van der Waals surface area contributed by atoms with E-state index in [0.717, 1.165) is 35.9 Å². The summed E-state index contributed by atoms with van der Waals surface area (Å²) in [6, 6.07) is 6.28. The number of rotatable bonds is 5. The molecule has 0 N–H and O–H groups in total. The predicted octanol–water partition coefficient (Wildman–Crippen LogP) is 4.50. The van der Waals surface area contributed by atoms with Gasteiger partial charge in [-0.1, -0.05) is 25.3 Å². The van der Waals surface area contributed by atoms with Crippen molar-refractivity contribution in [2.24, 2.45) is 17.8 Å². The predicted molar refractivity (Wildman–Crippen MR) is 114 cm³/mol. The lowest BCUT2D eigenvalue weighted by molar-refractivity contribution is 0.0504. The first-order valence-corrected chi connectivity index (χ1v) is 11.6. The van der Waals surface area contributed by atoms with Crippen LogP contribution >= 0.6 is 0 Å². The molecule has 0 amide bonds. The van der Waals surface area contributed by atoms with Crippen molar-refractivity contribution in [2.75, 3.05) is 19.6 Å². The van der Waals surface area contributed by atoms with E-state index in [2.05, 4.69) is 32.6 Å². The number of aryl methyl sites for hydroxylation is 1. The number of fused-ring (bicyclic) bond motifs is 1. The zero-order valence-corrected chi connectivity index (χ0v) is 17.6. The molecule has 0 radical (unpaired) electrons. The van der Waals surface area contributed by atoms with Crippen LogP contribution in [-0.2, 0) is 0 Å². The van der Waals surface area contributed by atoms with E-state index in [0.29, 0.717) is 6.04 Å². The average Bonchev–Trinajstić information content (AvgIpc) is 3.34. The van der Waals surface area contributed by atoms with E-state index >= 15 is 0 Å². The van der Waals surface area contributed by atoms with Crippen LogP contribution in [0.2, 0.25) is 0 Å². The van der Waals surface area contributed by atoms with Crippen molar-refractivity contribution in [3.05, 3.63) is 42.6 Å². The first kappa shape index (κ1) is 19.1. The van der Waals surface area contributed by atoms with E-state index in [1.54, 1.807) is 0 Å². The molecule has 156 valence electrons. The lowest BCUT2D eigenvalue weighted by Crippen LogP contribution is -2.40. The molecular weight excluding hydrogens is 360 g/mol. The highest BCUT2D eigenvalue weighted by molar-refractivity contribution is 5.11. The highest BCUT2D eigenvalue weighted by Gasteiger charge is 2.44. The summed E-state index contributed by atoms with van der Waals surface area (Å²) in [7, 11) is 0. The number of hydrogen-bond acceptors (Lipinski definition) is 4. The summed E-state index contributed by atoms with van der Waals surface area (Å²) in [6.07, 6.45) is 15.5.